The number of carbonyl (C=O) groups is 5. The molecule has 2 aliphatic heterocycles. The summed E-state index contributed by atoms with van der Waals surface area (Å²) in [5.74, 6) is -6.61. The van der Waals surface area contributed by atoms with Crippen molar-refractivity contribution in [2.24, 2.45) is 16.7 Å². The number of likely N-dealkylation sites (tertiary alicyclic amines) is 1. The average Bonchev–Trinajstić information content (AvgIpc) is 3.30. The van der Waals surface area contributed by atoms with Crippen molar-refractivity contribution >= 4 is 41.1 Å². The van der Waals surface area contributed by atoms with E-state index in [9.17, 15) is 41.5 Å². The fraction of sp³-hybridized carbons (Fsp3) is 0.773. The lowest BCUT2D eigenvalue weighted by Crippen LogP contribution is -2.62. The van der Waals surface area contributed by atoms with Gasteiger partial charge >= 0.3 is 12.1 Å². The predicted molar refractivity (Wildman–Crippen MR) is 123 cm³/mol. The molecule has 2 rings (SSSR count). The van der Waals surface area contributed by atoms with E-state index in [1.807, 2.05) is 0 Å². The Balaban J connectivity index is 2.34. The van der Waals surface area contributed by atoms with Crippen LogP contribution < -0.4 is 16.1 Å². The van der Waals surface area contributed by atoms with E-state index in [4.69, 9.17) is 11.6 Å². The molecule has 0 aromatic carbocycles. The minimum absolute atomic E-state index is 0.0292. The molecule has 10 nitrogen and oxygen atoms in total. The monoisotopic (exact) mass is 557 g/mol. The fourth-order valence-electron chi connectivity index (χ4n) is 4.40. The van der Waals surface area contributed by atoms with Gasteiger partial charge in [-0.05, 0) is 23.7 Å². The molecule has 4 atom stereocenters. The molecule has 5 amide bonds. The highest BCUT2D eigenvalue weighted by atomic mass is 35.5. The molecule has 0 aliphatic carbocycles. The van der Waals surface area contributed by atoms with E-state index in [1.54, 1.807) is 19.2 Å². The quantitative estimate of drug-likeness (QED) is 0.257. The highest BCUT2D eigenvalue weighted by Gasteiger charge is 2.52. The summed E-state index contributed by atoms with van der Waals surface area (Å²) >= 11 is 5.29. The second-order valence-corrected chi connectivity index (χ2v) is 11.3. The molecule has 2 fully saturated rings. The summed E-state index contributed by atoms with van der Waals surface area (Å²) in [6, 6.07) is -2.93. The zero-order chi connectivity index (χ0) is 28.5. The van der Waals surface area contributed by atoms with Crippen LogP contribution in [0.2, 0.25) is 0 Å². The number of carbonyl (C=O) groups excluding carboxylic acids is 5. The van der Waals surface area contributed by atoms with Gasteiger partial charge < -0.3 is 15.5 Å². The molecule has 0 aromatic heterocycles. The summed E-state index contributed by atoms with van der Waals surface area (Å²) in [4.78, 5) is 63.9. The molecule has 0 spiro atoms. The smallest absolute Gasteiger partial charge is 0.356 e. The van der Waals surface area contributed by atoms with Gasteiger partial charge in [-0.1, -0.05) is 46.2 Å². The predicted octanol–water partition coefficient (Wildman–Crippen LogP) is 1.24. The largest absolute Gasteiger partial charge is 0.471 e. The number of hydrogen-bond acceptors (Lipinski definition) is 5. The Bertz CT molecular complexity index is 937. The number of rotatable bonds is 6. The lowest BCUT2D eigenvalue weighted by molar-refractivity contribution is -0.176. The Hall–Kier alpha value is -2.64. The van der Waals surface area contributed by atoms with Crippen LogP contribution in [-0.2, 0) is 24.0 Å². The van der Waals surface area contributed by atoms with Gasteiger partial charge in [-0.25, -0.2) is 9.40 Å². The van der Waals surface area contributed by atoms with Crippen molar-refractivity contribution in [1.29, 1.82) is 0 Å². The van der Waals surface area contributed by atoms with Crippen molar-refractivity contribution in [3.63, 3.8) is 0 Å². The van der Waals surface area contributed by atoms with Crippen LogP contribution in [0.25, 0.3) is 0 Å². The third-order valence-electron chi connectivity index (χ3n) is 6.49. The lowest BCUT2D eigenvalue weighted by Gasteiger charge is -2.38. The van der Waals surface area contributed by atoms with Crippen molar-refractivity contribution in [1.82, 2.24) is 26.0 Å². The summed E-state index contributed by atoms with van der Waals surface area (Å²) in [6.45, 7) is 7.57. The second kappa shape index (κ2) is 11.0. The van der Waals surface area contributed by atoms with E-state index < -0.39 is 70.2 Å². The number of amides is 5. The van der Waals surface area contributed by atoms with E-state index in [2.05, 4.69) is 10.7 Å². The standard InChI is InChI=1S/C22H32ClF4N5O5/c1-20(2,3)12(29-19(37)22(25,26)27)17(35)31-9-7-21(4,5)13(31)16(34)30-32(18(36)14(23)24)10-11-6-8-28-15(11)33/h11-14H,6-10H2,1-5H3,(H,28,33)(H,29,37)(H,30,34)/t11-,12+,13+,14-/m0/s1. The van der Waals surface area contributed by atoms with E-state index in [-0.39, 0.29) is 19.5 Å². The fourth-order valence-corrected chi connectivity index (χ4v) is 4.52. The molecule has 15 heteroatoms. The van der Waals surface area contributed by atoms with Gasteiger partial charge in [0.15, 0.2) is 0 Å². The SMILES string of the molecule is CC(C)(C)[C@H](NC(=O)C(F)(F)F)C(=O)N1CCC(C)(C)[C@H]1C(=O)NN(C[C@@H]1CCNC1=O)C(=O)[C@H](F)Cl. The third kappa shape index (κ3) is 7.23. The van der Waals surface area contributed by atoms with Crippen molar-refractivity contribution in [2.75, 3.05) is 19.6 Å². The minimum atomic E-state index is -5.23. The van der Waals surface area contributed by atoms with Gasteiger partial charge in [-0.2, -0.15) is 13.2 Å². The lowest BCUT2D eigenvalue weighted by atomic mass is 9.83. The Kier molecular flexibility index (Phi) is 9.09. The van der Waals surface area contributed by atoms with E-state index in [0.717, 1.165) is 4.90 Å². The molecule has 0 unspecified atom stereocenters. The van der Waals surface area contributed by atoms with Gasteiger partial charge in [0.05, 0.1) is 12.5 Å². The van der Waals surface area contributed by atoms with E-state index in [1.165, 1.54) is 20.8 Å². The highest BCUT2D eigenvalue weighted by Crippen LogP contribution is 2.38. The van der Waals surface area contributed by atoms with Gasteiger partial charge in [0, 0.05) is 13.1 Å². The van der Waals surface area contributed by atoms with Crippen LogP contribution in [0.3, 0.4) is 0 Å². The molecule has 0 saturated carbocycles. The first-order chi connectivity index (χ1) is 16.8. The van der Waals surface area contributed by atoms with Crippen LogP contribution >= 0.6 is 11.6 Å². The van der Waals surface area contributed by atoms with Crippen molar-refractivity contribution in [3.8, 4) is 0 Å². The topological polar surface area (TPSA) is 128 Å². The van der Waals surface area contributed by atoms with Gasteiger partial charge in [0.2, 0.25) is 11.8 Å². The summed E-state index contributed by atoms with van der Waals surface area (Å²) in [6.07, 6.45) is -4.65. The summed E-state index contributed by atoms with van der Waals surface area (Å²) in [5.41, 5.74) is -2.35. The number of nitrogens with zero attached hydrogens (tertiary/aromatic N) is 2. The third-order valence-corrected chi connectivity index (χ3v) is 6.68. The molecule has 2 saturated heterocycles. The first-order valence-electron chi connectivity index (χ1n) is 11.6. The van der Waals surface area contributed by atoms with Gasteiger partial charge in [0.1, 0.15) is 12.1 Å². The maximum Gasteiger partial charge on any atom is 0.471 e. The first-order valence-corrected chi connectivity index (χ1v) is 12.1. The van der Waals surface area contributed by atoms with Crippen LogP contribution in [0.5, 0.6) is 0 Å². The van der Waals surface area contributed by atoms with E-state index in [0.29, 0.717) is 18.0 Å². The Morgan fingerprint density at radius 2 is 1.81 bits per heavy atom. The van der Waals surface area contributed by atoms with Crippen molar-refractivity contribution < 1.29 is 41.5 Å². The van der Waals surface area contributed by atoms with Crippen LogP contribution in [-0.4, -0.2) is 83.0 Å². The molecule has 37 heavy (non-hydrogen) atoms. The molecular formula is C22H32ClF4N5O5. The van der Waals surface area contributed by atoms with E-state index >= 15 is 0 Å². The zero-order valence-corrected chi connectivity index (χ0v) is 21.9. The van der Waals surface area contributed by atoms with Crippen LogP contribution in [0, 0.1) is 16.7 Å². The van der Waals surface area contributed by atoms with Gasteiger partial charge in [-0.15, -0.1) is 0 Å². The summed E-state index contributed by atoms with van der Waals surface area (Å²) < 4.78 is 52.5. The number of nitrogens with one attached hydrogen (secondary N) is 3. The maximum atomic E-state index is 13.7. The summed E-state index contributed by atoms with van der Waals surface area (Å²) in [5, 5.41) is 4.86. The van der Waals surface area contributed by atoms with Crippen LogP contribution in [0.4, 0.5) is 17.6 Å². The number of hydrogen-bond donors (Lipinski definition) is 3. The molecular weight excluding hydrogens is 526 g/mol. The van der Waals surface area contributed by atoms with Gasteiger partial charge in [-0.3, -0.25) is 29.4 Å². The Morgan fingerprint density at radius 3 is 2.27 bits per heavy atom. The first kappa shape index (κ1) is 30.6. The number of hydrazine groups is 1. The Morgan fingerprint density at radius 1 is 1.22 bits per heavy atom. The molecule has 3 N–H and O–H groups in total. The molecule has 0 radical (unpaired) electrons. The van der Waals surface area contributed by atoms with Crippen molar-refractivity contribution in [3.05, 3.63) is 0 Å². The number of alkyl halides is 5. The van der Waals surface area contributed by atoms with Crippen LogP contribution in [0.1, 0.15) is 47.5 Å². The normalized spacial score (nSPS) is 23.2. The van der Waals surface area contributed by atoms with Crippen molar-refractivity contribution in [2.45, 2.75) is 71.4 Å². The number of halogens is 5. The summed E-state index contributed by atoms with van der Waals surface area (Å²) in [7, 11) is 0. The van der Waals surface area contributed by atoms with Crippen LogP contribution in [0.15, 0.2) is 0 Å². The average molecular weight is 558 g/mol. The van der Waals surface area contributed by atoms with Gasteiger partial charge in [0.25, 0.3) is 17.4 Å². The molecule has 210 valence electrons. The Labute approximate surface area is 216 Å². The highest BCUT2D eigenvalue weighted by molar-refractivity contribution is 6.29. The zero-order valence-electron chi connectivity index (χ0n) is 21.2. The molecule has 2 aliphatic rings. The second-order valence-electron chi connectivity index (χ2n) is 10.9. The minimum Gasteiger partial charge on any atom is -0.356 e. The maximum absolute atomic E-state index is 13.7. The molecule has 0 aromatic rings. The molecule has 2 heterocycles. The molecule has 0 bridgehead atoms.